The molecule has 1 amide bonds. The lowest BCUT2D eigenvalue weighted by Gasteiger charge is -2.28. The first-order chi connectivity index (χ1) is 11.2. The van der Waals surface area contributed by atoms with Crippen LogP contribution in [0.25, 0.3) is 0 Å². The summed E-state index contributed by atoms with van der Waals surface area (Å²) in [7, 11) is 3.16. The highest BCUT2D eigenvalue weighted by molar-refractivity contribution is 6.32. The molecule has 1 aromatic carbocycles. The molecule has 0 aliphatic carbocycles. The van der Waals surface area contributed by atoms with Gasteiger partial charge in [0.25, 0.3) is 5.91 Å². The molecule has 0 fully saturated rings. The van der Waals surface area contributed by atoms with Gasteiger partial charge in [-0.2, -0.15) is 0 Å². The van der Waals surface area contributed by atoms with E-state index >= 15 is 0 Å². The molecule has 2 atom stereocenters. The lowest BCUT2D eigenvalue weighted by Crippen LogP contribution is -2.43. The Bertz CT molecular complexity index is 550. The van der Waals surface area contributed by atoms with E-state index in [1.807, 2.05) is 6.92 Å². The molecule has 0 saturated heterocycles. The van der Waals surface area contributed by atoms with E-state index in [0.29, 0.717) is 35.4 Å². The zero-order valence-electron chi connectivity index (χ0n) is 15.3. The SMILES string of the molecule is COC[C@@H](C)Oc1ccc(NC(=O)[C@@](C)(CC(C)C)OC)cc1Cl. The van der Waals surface area contributed by atoms with Crippen molar-refractivity contribution in [2.24, 2.45) is 5.92 Å². The van der Waals surface area contributed by atoms with Gasteiger partial charge in [-0.25, -0.2) is 0 Å². The van der Waals surface area contributed by atoms with Crippen LogP contribution in [0, 0.1) is 5.92 Å². The molecule has 0 radical (unpaired) electrons. The Morgan fingerprint density at radius 1 is 1.29 bits per heavy atom. The van der Waals surface area contributed by atoms with E-state index in [2.05, 4.69) is 19.2 Å². The van der Waals surface area contributed by atoms with Crippen LogP contribution in [-0.4, -0.2) is 38.4 Å². The molecule has 0 aromatic heterocycles. The van der Waals surface area contributed by atoms with Crippen molar-refractivity contribution in [2.75, 3.05) is 26.1 Å². The molecule has 0 heterocycles. The average Bonchev–Trinajstić information content (AvgIpc) is 2.49. The number of carbonyl (C=O) groups is 1. The van der Waals surface area contributed by atoms with Gasteiger partial charge in [-0.15, -0.1) is 0 Å². The third-order valence-electron chi connectivity index (χ3n) is 3.65. The summed E-state index contributed by atoms with van der Waals surface area (Å²) in [4.78, 5) is 12.5. The van der Waals surface area contributed by atoms with Crippen LogP contribution in [-0.2, 0) is 14.3 Å². The maximum Gasteiger partial charge on any atom is 0.256 e. The summed E-state index contributed by atoms with van der Waals surface area (Å²) in [6, 6.07) is 5.15. The maximum atomic E-state index is 12.5. The monoisotopic (exact) mass is 357 g/mol. The van der Waals surface area contributed by atoms with Crippen molar-refractivity contribution in [3.05, 3.63) is 23.2 Å². The van der Waals surface area contributed by atoms with Gasteiger partial charge in [0.2, 0.25) is 0 Å². The largest absolute Gasteiger partial charge is 0.487 e. The number of nitrogens with one attached hydrogen (secondary N) is 1. The number of hydrogen-bond acceptors (Lipinski definition) is 4. The first-order valence-corrected chi connectivity index (χ1v) is 8.41. The van der Waals surface area contributed by atoms with Crippen LogP contribution >= 0.6 is 11.6 Å². The van der Waals surface area contributed by atoms with E-state index in [9.17, 15) is 4.79 Å². The molecule has 136 valence electrons. The van der Waals surface area contributed by atoms with Gasteiger partial charge in [0.1, 0.15) is 17.5 Å². The number of rotatable bonds is 9. The van der Waals surface area contributed by atoms with Crippen molar-refractivity contribution in [2.45, 2.75) is 45.8 Å². The Kier molecular flexibility index (Phi) is 8.00. The van der Waals surface area contributed by atoms with Crippen molar-refractivity contribution in [1.82, 2.24) is 0 Å². The van der Waals surface area contributed by atoms with Gasteiger partial charge in [-0.1, -0.05) is 25.4 Å². The normalized spacial score (nSPS) is 15.0. The molecule has 1 N–H and O–H groups in total. The van der Waals surface area contributed by atoms with Gasteiger partial charge in [0.05, 0.1) is 11.6 Å². The first-order valence-electron chi connectivity index (χ1n) is 8.03. The van der Waals surface area contributed by atoms with Crippen molar-refractivity contribution in [3.63, 3.8) is 0 Å². The highest BCUT2D eigenvalue weighted by Gasteiger charge is 2.34. The van der Waals surface area contributed by atoms with E-state index in [1.54, 1.807) is 39.3 Å². The molecule has 6 heteroatoms. The predicted octanol–water partition coefficient (Wildman–Crippen LogP) is 4.14. The highest BCUT2D eigenvalue weighted by atomic mass is 35.5. The smallest absolute Gasteiger partial charge is 0.256 e. The Morgan fingerprint density at radius 3 is 2.46 bits per heavy atom. The number of anilines is 1. The van der Waals surface area contributed by atoms with Crippen LogP contribution < -0.4 is 10.1 Å². The third-order valence-corrected chi connectivity index (χ3v) is 3.94. The fraction of sp³-hybridized carbons (Fsp3) is 0.611. The quantitative estimate of drug-likeness (QED) is 0.721. The zero-order chi connectivity index (χ0) is 18.3. The molecule has 1 rings (SSSR count). The summed E-state index contributed by atoms with van der Waals surface area (Å²) in [6.45, 7) is 8.25. The standard InChI is InChI=1S/C18H28ClNO4/c1-12(2)10-18(4,23-6)17(21)20-14-7-8-16(15(19)9-14)24-13(3)11-22-5/h7-9,12-13H,10-11H2,1-6H3,(H,20,21)/t13-,18-/m1/s1. The fourth-order valence-corrected chi connectivity index (χ4v) is 2.70. The Morgan fingerprint density at radius 2 is 1.96 bits per heavy atom. The molecule has 0 aliphatic rings. The molecule has 24 heavy (non-hydrogen) atoms. The summed E-state index contributed by atoms with van der Waals surface area (Å²) < 4.78 is 16.2. The third kappa shape index (κ3) is 5.96. The van der Waals surface area contributed by atoms with Crippen LogP contribution in [0.5, 0.6) is 5.75 Å². The number of halogens is 1. The molecule has 1 aromatic rings. The van der Waals surface area contributed by atoms with Gasteiger partial charge in [0.15, 0.2) is 0 Å². The topological polar surface area (TPSA) is 56.8 Å². The van der Waals surface area contributed by atoms with Gasteiger partial charge < -0.3 is 19.5 Å². The molecule has 5 nitrogen and oxygen atoms in total. The molecule has 0 aliphatic heterocycles. The average molecular weight is 358 g/mol. The molecule has 0 unspecified atom stereocenters. The van der Waals surface area contributed by atoms with Crippen molar-refractivity contribution >= 4 is 23.2 Å². The van der Waals surface area contributed by atoms with Crippen molar-refractivity contribution < 1.29 is 19.0 Å². The summed E-state index contributed by atoms with van der Waals surface area (Å²) in [5.41, 5.74) is -0.285. The summed E-state index contributed by atoms with van der Waals surface area (Å²) in [5.74, 6) is 0.689. The van der Waals surface area contributed by atoms with Crippen molar-refractivity contribution in [3.8, 4) is 5.75 Å². The lowest BCUT2D eigenvalue weighted by atomic mass is 9.93. The second kappa shape index (κ2) is 9.25. The number of hydrogen-bond donors (Lipinski definition) is 1. The van der Waals surface area contributed by atoms with Crippen molar-refractivity contribution in [1.29, 1.82) is 0 Å². The molecule has 0 spiro atoms. The first kappa shape index (κ1) is 20.7. The zero-order valence-corrected chi connectivity index (χ0v) is 16.1. The van der Waals surface area contributed by atoms with Crippen LogP contribution in [0.4, 0.5) is 5.69 Å². The van der Waals surface area contributed by atoms with Crippen LogP contribution in [0.2, 0.25) is 5.02 Å². The van der Waals surface area contributed by atoms with E-state index in [0.717, 1.165) is 0 Å². The number of ether oxygens (including phenoxy) is 3. The Hall–Kier alpha value is -1.30. The van der Waals surface area contributed by atoms with E-state index in [-0.39, 0.29) is 12.0 Å². The fourth-order valence-electron chi connectivity index (χ4n) is 2.47. The predicted molar refractivity (Wildman–Crippen MR) is 96.9 cm³/mol. The lowest BCUT2D eigenvalue weighted by molar-refractivity contribution is -0.137. The molecule has 0 bridgehead atoms. The maximum absolute atomic E-state index is 12.5. The molecular formula is C18H28ClNO4. The summed E-state index contributed by atoms with van der Waals surface area (Å²) in [6.07, 6.45) is 0.509. The number of benzene rings is 1. The van der Waals surface area contributed by atoms with Gasteiger partial charge in [0, 0.05) is 19.9 Å². The second-order valence-electron chi connectivity index (χ2n) is 6.52. The van der Waals surface area contributed by atoms with E-state index < -0.39 is 5.60 Å². The van der Waals surface area contributed by atoms with Crippen LogP contribution in [0.3, 0.4) is 0 Å². The van der Waals surface area contributed by atoms with Gasteiger partial charge in [-0.05, 0) is 44.4 Å². The number of amides is 1. The van der Waals surface area contributed by atoms with E-state index in [1.165, 1.54) is 0 Å². The molecule has 0 saturated carbocycles. The highest BCUT2D eigenvalue weighted by Crippen LogP contribution is 2.30. The van der Waals surface area contributed by atoms with Crippen LogP contribution in [0.1, 0.15) is 34.1 Å². The van der Waals surface area contributed by atoms with Gasteiger partial charge >= 0.3 is 0 Å². The second-order valence-corrected chi connectivity index (χ2v) is 6.92. The minimum absolute atomic E-state index is 0.115. The molecular weight excluding hydrogens is 330 g/mol. The number of carbonyl (C=O) groups excluding carboxylic acids is 1. The minimum atomic E-state index is -0.886. The minimum Gasteiger partial charge on any atom is -0.487 e. The Labute approximate surface area is 149 Å². The van der Waals surface area contributed by atoms with Crippen LogP contribution in [0.15, 0.2) is 18.2 Å². The number of methoxy groups -OCH3 is 2. The Balaban J connectivity index is 2.81. The van der Waals surface area contributed by atoms with E-state index in [4.69, 9.17) is 25.8 Å². The summed E-state index contributed by atoms with van der Waals surface area (Å²) in [5, 5.41) is 3.29. The summed E-state index contributed by atoms with van der Waals surface area (Å²) >= 11 is 6.24. The van der Waals surface area contributed by atoms with Gasteiger partial charge in [-0.3, -0.25) is 4.79 Å².